The zero-order chi connectivity index (χ0) is 24.6. The smallest absolute Gasteiger partial charge is 0.408 e. The zero-order valence-corrected chi connectivity index (χ0v) is 19.1. The van der Waals surface area contributed by atoms with Crippen molar-refractivity contribution in [3.63, 3.8) is 0 Å². The highest BCUT2D eigenvalue weighted by atomic mass is 19.4. The van der Waals surface area contributed by atoms with E-state index in [9.17, 15) is 18.3 Å². The van der Waals surface area contributed by atoms with Gasteiger partial charge in [-0.2, -0.15) is 18.3 Å². The van der Waals surface area contributed by atoms with E-state index in [1.807, 2.05) is 26.8 Å². The first-order valence-electron chi connectivity index (χ1n) is 10.7. The summed E-state index contributed by atoms with van der Waals surface area (Å²) in [6.45, 7) is 4.80. The van der Waals surface area contributed by atoms with Crippen LogP contribution < -0.4 is 9.47 Å². The molecule has 4 aromatic rings. The standard InChI is InChI=1S/C23H24F3N5O3/c1-5-17-20-19(22(32)31(17)15-10-28-30(11-15)12-23(24,25)26)13(3)7-16(29-20)14-8-18(33-4)21(27-9-14)34-6-2/h7-11,32H,5-6,12H2,1-4H3. The Balaban J connectivity index is 1.85. The van der Waals surface area contributed by atoms with Crippen molar-refractivity contribution in [2.24, 2.45) is 0 Å². The van der Waals surface area contributed by atoms with Crippen molar-refractivity contribution < 1.29 is 27.8 Å². The molecule has 0 saturated carbocycles. The van der Waals surface area contributed by atoms with E-state index in [0.717, 1.165) is 10.2 Å². The lowest BCUT2D eigenvalue weighted by Gasteiger charge is -2.10. The minimum Gasteiger partial charge on any atom is -0.494 e. The fraction of sp³-hybridized carbons (Fsp3) is 0.348. The van der Waals surface area contributed by atoms with Crippen LogP contribution in [0.15, 0.2) is 30.7 Å². The maximum atomic E-state index is 12.8. The first-order valence-corrected chi connectivity index (χ1v) is 10.7. The Kier molecular flexibility index (Phi) is 6.11. The SMILES string of the molecule is CCOc1ncc(-c2cc(C)c3c(O)n(-c4cnn(CC(F)(F)F)c4)c(CC)c3n2)cc1OC. The average Bonchev–Trinajstić information content (AvgIpc) is 3.34. The number of pyridine rings is 2. The van der Waals surface area contributed by atoms with Gasteiger partial charge in [0.2, 0.25) is 5.88 Å². The number of aromatic hydroxyl groups is 1. The molecule has 0 fully saturated rings. The van der Waals surface area contributed by atoms with Crippen LogP contribution in [-0.2, 0) is 13.0 Å². The molecule has 0 aromatic carbocycles. The lowest BCUT2D eigenvalue weighted by Crippen LogP contribution is -2.17. The van der Waals surface area contributed by atoms with Crippen LogP contribution >= 0.6 is 0 Å². The maximum Gasteiger partial charge on any atom is 0.408 e. The number of aromatic nitrogens is 5. The van der Waals surface area contributed by atoms with Crippen LogP contribution in [0.1, 0.15) is 25.1 Å². The molecule has 0 amide bonds. The summed E-state index contributed by atoms with van der Waals surface area (Å²) < 4.78 is 51.5. The highest BCUT2D eigenvalue weighted by Gasteiger charge is 2.29. The molecular formula is C23H24F3N5O3. The van der Waals surface area contributed by atoms with Crippen LogP contribution in [0.4, 0.5) is 13.2 Å². The number of aryl methyl sites for hydroxylation is 2. The molecular weight excluding hydrogens is 451 g/mol. The molecule has 0 aliphatic rings. The van der Waals surface area contributed by atoms with Crippen LogP contribution in [0, 0.1) is 6.92 Å². The molecule has 180 valence electrons. The summed E-state index contributed by atoms with van der Waals surface area (Å²) in [6, 6.07) is 3.59. The monoisotopic (exact) mass is 475 g/mol. The Morgan fingerprint density at radius 2 is 1.91 bits per heavy atom. The van der Waals surface area contributed by atoms with Crippen molar-refractivity contribution in [3.8, 4) is 34.5 Å². The van der Waals surface area contributed by atoms with Gasteiger partial charge in [-0.3, -0.25) is 9.25 Å². The maximum absolute atomic E-state index is 12.8. The summed E-state index contributed by atoms with van der Waals surface area (Å²) in [5.74, 6) is 0.741. The normalized spacial score (nSPS) is 11.9. The molecule has 4 heterocycles. The number of fused-ring (bicyclic) bond motifs is 1. The van der Waals surface area contributed by atoms with Gasteiger partial charge in [0.15, 0.2) is 5.75 Å². The minimum absolute atomic E-state index is 0.0997. The third kappa shape index (κ3) is 4.25. The fourth-order valence-corrected chi connectivity index (χ4v) is 3.96. The van der Waals surface area contributed by atoms with Gasteiger partial charge in [0.25, 0.3) is 5.88 Å². The van der Waals surface area contributed by atoms with E-state index in [1.54, 1.807) is 12.3 Å². The van der Waals surface area contributed by atoms with Crippen molar-refractivity contribution in [3.05, 3.63) is 42.0 Å². The predicted octanol–water partition coefficient (Wildman–Crippen LogP) is 4.83. The number of alkyl halides is 3. The second-order valence-corrected chi connectivity index (χ2v) is 7.68. The Morgan fingerprint density at radius 3 is 2.56 bits per heavy atom. The van der Waals surface area contributed by atoms with E-state index >= 15 is 0 Å². The molecule has 0 spiro atoms. The van der Waals surface area contributed by atoms with Crippen molar-refractivity contribution in [2.75, 3.05) is 13.7 Å². The molecule has 0 radical (unpaired) electrons. The van der Waals surface area contributed by atoms with E-state index in [-0.39, 0.29) is 5.88 Å². The summed E-state index contributed by atoms with van der Waals surface area (Å²) in [7, 11) is 1.53. The minimum atomic E-state index is -4.40. The van der Waals surface area contributed by atoms with Gasteiger partial charge in [-0.1, -0.05) is 6.92 Å². The second kappa shape index (κ2) is 8.88. The van der Waals surface area contributed by atoms with Crippen LogP contribution in [0.25, 0.3) is 27.8 Å². The van der Waals surface area contributed by atoms with Crippen LogP contribution in [0.2, 0.25) is 0 Å². The Bertz CT molecular complexity index is 1340. The molecule has 8 nitrogen and oxygen atoms in total. The summed E-state index contributed by atoms with van der Waals surface area (Å²) in [4.78, 5) is 9.10. The quantitative estimate of drug-likeness (QED) is 0.412. The molecule has 4 aromatic heterocycles. The summed E-state index contributed by atoms with van der Waals surface area (Å²) in [5.41, 5.74) is 3.57. The van der Waals surface area contributed by atoms with Crippen LogP contribution in [-0.4, -0.2) is 49.3 Å². The second-order valence-electron chi connectivity index (χ2n) is 7.68. The molecule has 1 N–H and O–H groups in total. The van der Waals surface area contributed by atoms with Gasteiger partial charge in [-0.25, -0.2) is 9.97 Å². The van der Waals surface area contributed by atoms with Gasteiger partial charge in [-0.15, -0.1) is 0 Å². The number of halogens is 3. The van der Waals surface area contributed by atoms with Gasteiger partial charge in [0, 0.05) is 18.0 Å². The number of methoxy groups -OCH3 is 1. The van der Waals surface area contributed by atoms with Crippen molar-refractivity contribution in [1.82, 2.24) is 24.3 Å². The van der Waals surface area contributed by atoms with Gasteiger partial charge in [-0.05, 0) is 38.0 Å². The average molecular weight is 475 g/mol. The third-order valence-corrected chi connectivity index (χ3v) is 5.36. The highest BCUT2D eigenvalue weighted by Crippen LogP contribution is 2.38. The number of hydrogen-bond acceptors (Lipinski definition) is 6. The molecule has 0 aliphatic heterocycles. The Labute approximate surface area is 193 Å². The lowest BCUT2D eigenvalue weighted by atomic mass is 10.1. The van der Waals surface area contributed by atoms with Gasteiger partial charge >= 0.3 is 6.18 Å². The summed E-state index contributed by atoms with van der Waals surface area (Å²) in [5, 5.41) is 15.4. The van der Waals surface area contributed by atoms with E-state index in [1.165, 1.54) is 24.1 Å². The molecule has 4 rings (SSSR count). The number of rotatable bonds is 7. The Hall–Kier alpha value is -3.76. The Morgan fingerprint density at radius 1 is 1.15 bits per heavy atom. The number of ether oxygens (including phenoxy) is 2. The number of nitrogens with zero attached hydrogens (tertiary/aromatic N) is 5. The molecule has 34 heavy (non-hydrogen) atoms. The van der Waals surface area contributed by atoms with Gasteiger partial charge < -0.3 is 14.6 Å². The number of hydrogen-bond donors (Lipinski definition) is 1. The van der Waals surface area contributed by atoms with Crippen molar-refractivity contribution in [1.29, 1.82) is 0 Å². The summed E-state index contributed by atoms with van der Waals surface area (Å²) >= 11 is 0. The topological polar surface area (TPSA) is 87.2 Å². The fourth-order valence-electron chi connectivity index (χ4n) is 3.96. The largest absolute Gasteiger partial charge is 0.494 e. The highest BCUT2D eigenvalue weighted by molar-refractivity contribution is 5.93. The van der Waals surface area contributed by atoms with Gasteiger partial charge in [0.05, 0.1) is 47.9 Å². The van der Waals surface area contributed by atoms with Gasteiger partial charge in [0.1, 0.15) is 6.54 Å². The van der Waals surface area contributed by atoms with Crippen molar-refractivity contribution >= 4 is 10.9 Å². The van der Waals surface area contributed by atoms with E-state index in [2.05, 4.69) is 10.1 Å². The van der Waals surface area contributed by atoms with E-state index in [0.29, 0.717) is 58.2 Å². The molecule has 0 saturated heterocycles. The molecule has 0 aliphatic carbocycles. The first kappa shape index (κ1) is 23.4. The molecule has 11 heteroatoms. The molecule has 0 unspecified atom stereocenters. The molecule has 0 atom stereocenters. The molecule has 0 bridgehead atoms. The third-order valence-electron chi connectivity index (χ3n) is 5.36. The van der Waals surface area contributed by atoms with Crippen molar-refractivity contribution in [2.45, 2.75) is 39.9 Å². The van der Waals surface area contributed by atoms with Crippen LogP contribution in [0.5, 0.6) is 17.5 Å². The van der Waals surface area contributed by atoms with E-state index < -0.39 is 12.7 Å². The lowest BCUT2D eigenvalue weighted by molar-refractivity contribution is -0.142. The predicted molar refractivity (Wildman–Crippen MR) is 120 cm³/mol. The summed E-state index contributed by atoms with van der Waals surface area (Å²) in [6.07, 6.45) is 0.247. The zero-order valence-electron chi connectivity index (χ0n) is 19.1. The van der Waals surface area contributed by atoms with E-state index in [4.69, 9.17) is 14.5 Å². The van der Waals surface area contributed by atoms with Crippen LogP contribution in [0.3, 0.4) is 0 Å². The first-order chi connectivity index (χ1) is 16.2.